The van der Waals surface area contributed by atoms with Crippen LogP contribution in [0.2, 0.25) is 0 Å². The lowest BCUT2D eigenvalue weighted by molar-refractivity contribution is 0.00727. The van der Waals surface area contributed by atoms with Crippen molar-refractivity contribution < 1.29 is 9.47 Å². The normalized spacial score (nSPS) is 22.1. The van der Waals surface area contributed by atoms with E-state index < -0.39 is 0 Å². The molecule has 0 aliphatic carbocycles. The summed E-state index contributed by atoms with van der Waals surface area (Å²) in [6, 6.07) is 1.92. The average molecular weight is 236 g/mol. The fourth-order valence-electron chi connectivity index (χ4n) is 2.16. The van der Waals surface area contributed by atoms with Gasteiger partial charge >= 0.3 is 0 Å². The van der Waals surface area contributed by atoms with Gasteiger partial charge in [-0.15, -0.1) is 0 Å². The van der Waals surface area contributed by atoms with Crippen molar-refractivity contribution >= 4 is 0 Å². The number of pyridine rings is 1. The van der Waals surface area contributed by atoms with Gasteiger partial charge in [-0.2, -0.15) is 0 Å². The Kier molecular flexibility index (Phi) is 4.34. The van der Waals surface area contributed by atoms with Gasteiger partial charge in [-0.05, 0) is 37.3 Å². The summed E-state index contributed by atoms with van der Waals surface area (Å²) in [6.07, 6.45) is 8.17. The van der Waals surface area contributed by atoms with Crippen molar-refractivity contribution in [2.45, 2.75) is 37.8 Å². The minimum Gasteiger partial charge on any atom is -0.495 e. The molecule has 17 heavy (non-hydrogen) atoms. The minimum absolute atomic E-state index is 0.0271. The molecule has 0 radical (unpaired) electrons. The molecule has 2 N–H and O–H groups in total. The topological polar surface area (TPSA) is 57.4 Å². The molecule has 1 fully saturated rings. The molecule has 94 valence electrons. The van der Waals surface area contributed by atoms with Gasteiger partial charge in [-0.3, -0.25) is 4.98 Å². The first-order valence-electron chi connectivity index (χ1n) is 6.15. The van der Waals surface area contributed by atoms with E-state index in [1.807, 2.05) is 6.07 Å². The molecular weight excluding hydrogens is 216 g/mol. The Balaban J connectivity index is 1.95. The monoisotopic (exact) mass is 236 g/mol. The van der Waals surface area contributed by atoms with Crippen LogP contribution in [-0.4, -0.2) is 24.8 Å². The van der Waals surface area contributed by atoms with Crippen LogP contribution in [0.4, 0.5) is 0 Å². The molecule has 0 bridgehead atoms. The van der Waals surface area contributed by atoms with Crippen LogP contribution >= 0.6 is 0 Å². The zero-order valence-electron chi connectivity index (χ0n) is 10.3. The third-order valence-electron chi connectivity index (χ3n) is 3.19. The third-order valence-corrected chi connectivity index (χ3v) is 3.19. The van der Waals surface area contributed by atoms with Gasteiger partial charge in [-0.1, -0.05) is 0 Å². The van der Waals surface area contributed by atoms with Gasteiger partial charge in [0.05, 0.1) is 19.4 Å². The Morgan fingerprint density at radius 2 is 2.41 bits per heavy atom. The molecule has 2 rings (SSSR count). The molecule has 1 aromatic rings. The highest BCUT2D eigenvalue weighted by molar-refractivity contribution is 5.25. The summed E-state index contributed by atoms with van der Waals surface area (Å²) in [5.74, 6) is 0.752. The maximum absolute atomic E-state index is 6.17. The first-order valence-corrected chi connectivity index (χ1v) is 6.15. The zero-order valence-corrected chi connectivity index (χ0v) is 10.3. The van der Waals surface area contributed by atoms with E-state index in [1.165, 1.54) is 12.8 Å². The molecular formula is C13H20N2O2. The van der Waals surface area contributed by atoms with Gasteiger partial charge in [0.15, 0.2) is 0 Å². The standard InChI is InChI=1S/C13H20N2O2/c1-16-12-6-10(8-15-9-12)13(14)7-11-4-2-3-5-17-11/h6,8-9,11,13H,2-5,7,14H2,1H3. The minimum atomic E-state index is -0.0271. The van der Waals surface area contributed by atoms with E-state index in [2.05, 4.69) is 4.98 Å². The highest BCUT2D eigenvalue weighted by Crippen LogP contribution is 2.24. The summed E-state index contributed by atoms with van der Waals surface area (Å²) < 4.78 is 10.8. The van der Waals surface area contributed by atoms with E-state index in [0.717, 1.165) is 30.8 Å². The van der Waals surface area contributed by atoms with Gasteiger partial charge in [0, 0.05) is 18.8 Å². The number of ether oxygens (including phenoxy) is 2. The van der Waals surface area contributed by atoms with Crippen LogP contribution in [0.5, 0.6) is 5.75 Å². The van der Waals surface area contributed by atoms with Gasteiger partial charge in [0.2, 0.25) is 0 Å². The van der Waals surface area contributed by atoms with E-state index in [1.54, 1.807) is 19.5 Å². The number of hydrogen-bond donors (Lipinski definition) is 1. The van der Waals surface area contributed by atoms with E-state index in [0.29, 0.717) is 6.10 Å². The molecule has 2 atom stereocenters. The highest BCUT2D eigenvalue weighted by Gasteiger charge is 2.18. The molecule has 1 aliphatic rings. The first kappa shape index (κ1) is 12.3. The summed E-state index contributed by atoms with van der Waals surface area (Å²) in [5, 5.41) is 0. The first-order chi connectivity index (χ1) is 8.29. The van der Waals surface area contributed by atoms with E-state index >= 15 is 0 Å². The van der Waals surface area contributed by atoms with Gasteiger partial charge in [0.1, 0.15) is 5.75 Å². The maximum atomic E-state index is 6.17. The number of methoxy groups -OCH3 is 1. The second-order valence-corrected chi connectivity index (χ2v) is 4.49. The van der Waals surface area contributed by atoms with Crippen molar-refractivity contribution in [2.24, 2.45) is 5.73 Å². The summed E-state index contributed by atoms with van der Waals surface area (Å²) in [6.45, 7) is 0.869. The van der Waals surface area contributed by atoms with Crippen molar-refractivity contribution in [1.82, 2.24) is 4.98 Å². The quantitative estimate of drug-likeness (QED) is 0.869. The van der Waals surface area contributed by atoms with E-state index in [9.17, 15) is 0 Å². The van der Waals surface area contributed by atoms with Gasteiger partial charge < -0.3 is 15.2 Å². The van der Waals surface area contributed by atoms with Gasteiger partial charge in [-0.25, -0.2) is 0 Å². The smallest absolute Gasteiger partial charge is 0.137 e. The van der Waals surface area contributed by atoms with Crippen LogP contribution in [0.15, 0.2) is 18.5 Å². The van der Waals surface area contributed by atoms with Crippen LogP contribution < -0.4 is 10.5 Å². The number of nitrogens with two attached hydrogens (primary N) is 1. The molecule has 4 heteroatoms. The van der Waals surface area contributed by atoms with Crippen molar-refractivity contribution in [2.75, 3.05) is 13.7 Å². The van der Waals surface area contributed by atoms with Crippen LogP contribution in [0, 0.1) is 0 Å². The number of rotatable bonds is 4. The van der Waals surface area contributed by atoms with Gasteiger partial charge in [0.25, 0.3) is 0 Å². The molecule has 1 saturated heterocycles. The second kappa shape index (κ2) is 5.98. The molecule has 0 amide bonds. The molecule has 4 nitrogen and oxygen atoms in total. The van der Waals surface area contributed by atoms with Crippen LogP contribution in [-0.2, 0) is 4.74 Å². The second-order valence-electron chi connectivity index (χ2n) is 4.49. The molecule has 0 aromatic carbocycles. The largest absolute Gasteiger partial charge is 0.495 e. The highest BCUT2D eigenvalue weighted by atomic mass is 16.5. The Morgan fingerprint density at radius 1 is 1.53 bits per heavy atom. The van der Waals surface area contributed by atoms with Crippen LogP contribution in [0.25, 0.3) is 0 Å². The average Bonchev–Trinajstić information content (AvgIpc) is 2.40. The third kappa shape index (κ3) is 3.41. The maximum Gasteiger partial charge on any atom is 0.137 e. The van der Waals surface area contributed by atoms with Crippen LogP contribution in [0.1, 0.15) is 37.3 Å². The summed E-state index contributed by atoms with van der Waals surface area (Å²) >= 11 is 0. The molecule has 0 saturated carbocycles. The molecule has 0 spiro atoms. The lowest BCUT2D eigenvalue weighted by Crippen LogP contribution is -2.25. The molecule has 2 unspecified atom stereocenters. The predicted molar refractivity (Wildman–Crippen MR) is 65.9 cm³/mol. The Bertz CT molecular complexity index is 351. The van der Waals surface area contributed by atoms with E-state index in [-0.39, 0.29) is 6.04 Å². The lowest BCUT2D eigenvalue weighted by Gasteiger charge is -2.25. The summed E-state index contributed by atoms with van der Waals surface area (Å²) in [4.78, 5) is 4.12. The Hall–Kier alpha value is -1.13. The van der Waals surface area contributed by atoms with E-state index in [4.69, 9.17) is 15.2 Å². The molecule has 1 aliphatic heterocycles. The van der Waals surface area contributed by atoms with Crippen molar-refractivity contribution in [3.05, 3.63) is 24.0 Å². The fourth-order valence-corrected chi connectivity index (χ4v) is 2.16. The SMILES string of the molecule is COc1cncc(C(N)CC2CCCCO2)c1. The van der Waals surface area contributed by atoms with Crippen molar-refractivity contribution in [3.8, 4) is 5.75 Å². The van der Waals surface area contributed by atoms with Crippen molar-refractivity contribution in [3.63, 3.8) is 0 Å². The number of hydrogen-bond acceptors (Lipinski definition) is 4. The Morgan fingerprint density at radius 3 is 3.12 bits per heavy atom. The lowest BCUT2D eigenvalue weighted by atomic mass is 9.98. The summed E-state index contributed by atoms with van der Waals surface area (Å²) in [5.41, 5.74) is 7.19. The zero-order chi connectivity index (χ0) is 12.1. The Labute approximate surface area is 102 Å². The number of aromatic nitrogens is 1. The molecule has 1 aromatic heterocycles. The fraction of sp³-hybridized carbons (Fsp3) is 0.615. The van der Waals surface area contributed by atoms with Crippen molar-refractivity contribution in [1.29, 1.82) is 0 Å². The summed E-state index contributed by atoms with van der Waals surface area (Å²) in [7, 11) is 1.64. The number of nitrogens with zero attached hydrogens (tertiary/aromatic N) is 1. The molecule has 2 heterocycles. The van der Waals surface area contributed by atoms with Crippen LogP contribution in [0.3, 0.4) is 0 Å². The predicted octanol–water partition coefficient (Wildman–Crippen LogP) is 2.05.